The van der Waals surface area contributed by atoms with Crippen LogP contribution in [0.1, 0.15) is 33.4 Å². The van der Waals surface area contributed by atoms with Crippen molar-refractivity contribution in [3.63, 3.8) is 0 Å². The van der Waals surface area contributed by atoms with Crippen LogP contribution in [0.3, 0.4) is 0 Å². The van der Waals surface area contributed by atoms with Crippen molar-refractivity contribution in [2.75, 3.05) is 0 Å². The Morgan fingerprint density at radius 2 is 0.542 bits per heavy atom. The second kappa shape index (κ2) is 25.4. The molecule has 11 aromatic carbocycles. The third-order valence-corrected chi connectivity index (χ3v) is 15.8. The molecule has 0 N–H and O–H groups in total. The summed E-state index contributed by atoms with van der Waals surface area (Å²) < 4.78 is 178. The topological polar surface area (TPSA) is 158 Å². The molecule has 0 aliphatic heterocycles. The third kappa shape index (κ3) is 10.6. The highest BCUT2D eigenvalue weighted by molar-refractivity contribution is 6.25. The minimum Gasteiger partial charge on any atom is -0.208 e. The molecule has 1 aliphatic carbocycles. The molecule has 8 nitrogen and oxygen atoms in total. The third-order valence-electron chi connectivity index (χ3n) is 15.8. The first-order chi connectivity index (χ1) is 46.4. The Morgan fingerprint density at radius 3 is 0.875 bits per heavy atom. The van der Waals surface area contributed by atoms with Gasteiger partial charge in [0.15, 0.2) is 87.3 Å². The monoisotopic (exact) mass is 1280 g/mol. The standard InChI is InChI=1S/C45H29N3.C31HF12N5/c1-3-13-30(14-4-1)43-46-44(31-15-5-2-6-16-31)48-45(47-43)36-20-12-19-34(28-36)32-17-11-18-33(27-32)35-25-26-41-39-23-8-7-21-37(39)38-22-9-10-24-40(38)42(41)29-35;1-2-8-20(32)26(38)17(27(39)21(8)33)9(3-44)14-15(10(4-45)18-28(40)22(34)12(6-47)23(35)29(18)41)16(14)11(5-46)19-30(42)24(36)13(7-48)25(37)31(19)43/h1-29H;1H. The largest absolute Gasteiger partial charge is 0.208 e. The highest BCUT2D eigenvalue weighted by Crippen LogP contribution is 2.57. The van der Waals surface area contributed by atoms with Gasteiger partial charge in [-0.25, -0.2) is 67.6 Å². The summed E-state index contributed by atoms with van der Waals surface area (Å²) in [6, 6.07) is 66.3. The van der Waals surface area contributed by atoms with Gasteiger partial charge in [0.2, 0.25) is 0 Å². The number of halogens is 12. The number of nitriles is 5. The van der Waals surface area contributed by atoms with Gasteiger partial charge >= 0.3 is 0 Å². The van der Waals surface area contributed by atoms with Crippen LogP contribution in [0.2, 0.25) is 0 Å². The summed E-state index contributed by atoms with van der Waals surface area (Å²) in [6.45, 7) is 0. The van der Waals surface area contributed by atoms with Gasteiger partial charge in [-0.1, -0.05) is 164 Å². The van der Waals surface area contributed by atoms with Crippen LogP contribution in [0.4, 0.5) is 52.7 Å². The summed E-state index contributed by atoms with van der Waals surface area (Å²) >= 11 is 0. The van der Waals surface area contributed by atoms with Crippen LogP contribution in [-0.2, 0) is 0 Å². The van der Waals surface area contributed by atoms with Crippen molar-refractivity contribution in [3.8, 4) is 99.1 Å². The molecule has 12 aromatic rings. The zero-order valence-electron chi connectivity index (χ0n) is 48.4. The predicted molar refractivity (Wildman–Crippen MR) is 333 cm³/mol. The van der Waals surface area contributed by atoms with E-state index in [0.717, 1.165) is 58.2 Å². The van der Waals surface area contributed by atoms with Crippen LogP contribution in [0, 0.1) is 139 Å². The van der Waals surface area contributed by atoms with Gasteiger partial charge in [-0.2, -0.15) is 26.3 Å². The van der Waals surface area contributed by atoms with E-state index in [1.807, 2.05) is 60.7 Å². The molecule has 1 saturated carbocycles. The number of terminal acetylenes is 1. The van der Waals surface area contributed by atoms with Crippen LogP contribution < -0.4 is 0 Å². The Morgan fingerprint density at radius 1 is 0.271 bits per heavy atom. The molecule has 458 valence electrons. The zero-order chi connectivity index (χ0) is 68.0. The molecular formula is C76H30F12N8. The summed E-state index contributed by atoms with van der Waals surface area (Å²) in [5.41, 5.74) is -13.5. The SMILES string of the molecule is C#Cc1c(F)c(F)c(C(C#N)=C2C(=C(C#N)c3c(F)c(F)c(C#N)c(F)c3F)C2=C(C#N)c2c(F)c(F)c(C#N)c(F)c2F)c(F)c1F.c1ccc(-c2nc(-c3ccccc3)nc(-c3cccc(-c4cccc(-c5ccc6c7ccccc7c7ccccc7c6c5)c4)c3)n2)cc1. The lowest BCUT2D eigenvalue weighted by atomic mass is 9.91. The molecule has 13 rings (SSSR count). The van der Waals surface area contributed by atoms with E-state index in [2.05, 4.69) is 115 Å². The van der Waals surface area contributed by atoms with Gasteiger partial charge in [-0.3, -0.25) is 0 Å². The Kier molecular flexibility index (Phi) is 16.6. The molecule has 0 atom stereocenters. The van der Waals surface area contributed by atoms with Gasteiger partial charge in [0.05, 0.1) is 33.4 Å². The van der Waals surface area contributed by atoms with Gasteiger partial charge in [0.25, 0.3) is 0 Å². The number of aromatic nitrogens is 3. The van der Waals surface area contributed by atoms with Crippen molar-refractivity contribution in [2.45, 2.75) is 0 Å². The second-order valence-corrected chi connectivity index (χ2v) is 21.0. The molecular weight excluding hydrogens is 1250 g/mol. The highest BCUT2D eigenvalue weighted by atomic mass is 19.2. The molecule has 1 fully saturated rings. The number of nitrogens with zero attached hydrogens (tertiary/aromatic N) is 8. The van der Waals surface area contributed by atoms with Gasteiger partial charge in [-0.15, -0.1) is 6.42 Å². The molecule has 0 unspecified atom stereocenters. The maximum Gasteiger partial charge on any atom is 0.180 e. The Bertz CT molecular complexity index is 5300. The molecule has 0 spiro atoms. The summed E-state index contributed by atoms with van der Waals surface area (Å²) in [5.74, 6) is -26.1. The molecule has 0 radical (unpaired) electrons. The minimum absolute atomic E-state index is 0.648. The number of rotatable bonds is 8. The quantitative estimate of drug-likeness (QED) is 0.0478. The van der Waals surface area contributed by atoms with Gasteiger partial charge in [0.1, 0.15) is 47.0 Å². The summed E-state index contributed by atoms with van der Waals surface area (Å²) in [5, 5.41) is 54.8. The van der Waals surface area contributed by atoms with E-state index >= 15 is 26.3 Å². The van der Waals surface area contributed by atoms with Crippen LogP contribution >= 0.6 is 0 Å². The predicted octanol–water partition coefficient (Wildman–Crippen LogP) is 19.0. The average Bonchev–Trinajstić information content (AvgIpc) is 1.54. The minimum atomic E-state index is -2.52. The lowest BCUT2D eigenvalue weighted by Crippen LogP contribution is -2.06. The van der Waals surface area contributed by atoms with E-state index in [1.54, 1.807) is 0 Å². The maximum absolute atomic E-state index is 15.1. The molecule has 1 aromatic heterocycles. The summed E-state index contributed by atoms with van der Waals surface area (Å²) in [4.78, 5) is 14.8. The molecule has 20 heteroatoms. The van der Waals surface area contributed by atoms with Crippen molar-refractivity contribution < 1.29 is 52.7 Å². The van der Waals surface area contributed by atoms with Crippen molar-refractivity contribution in [1.29, 1.82) is 26.3 Å². The van der Waals surface area contributed by atoms with Crippen molar-refractivity contribution in [2.24, 2.45) is 0 Å². The second-order valence-electron chi connectivity index (χ2n) is 21.0. The van der Waals surface area contributed by atoms with Crippen LogP contribution in [0.5, 0.6) is 0 Å². The number of benzene rings is 11. The number of fused-ring (bicyclic) bond motifs is 6. The first kappa shape index (κ1) is 62.8. The van der Waals surface area contributed by atoms with Crippen LogP contribution in [0.15, 0.2) is 193 Å². The van der Waals surface area contributed by atoms with Crippen molar-refractivity contribution in [3.05, 3.63) is 296 Å². The molecule has 0 saturated heterocycles. The van der Waals surface area contributed by atoms with E-state index in [0.29, 0.717) is 17.5 Å². The summed E-state index contributed by atoms with van der Waals surface area (Å²) in [7, 11) is 0. The fourth-order valence-electron chi connectivity index (χ4n) is 11.3. The maximum atomic E-state index is 15.1. The molecule has 96 heavy (non-hydrogen) atoms. The van der Waals surface area contributed by atoms with E-state index in [4.69, 9.17) is 31.9 Å². The van der Waals surface area contributed by atoms with E-state index in [1.165, 1.54) is 49.4 Å². The Balaban J connectivity index is 0.000000183. The zero-order valence-corrected chi connectivity index (χ0v) is 48.4. The Labute approximate surface area is 535 Å². The lowest BCUT2D eigenvalue weighted by molar-refractivity contribution is 0.446. The normalized spacial score (nSPS) is 12.5. The van der Waals surface area contributed by atoms with Crippen molar-refractivity contribution in [1.82, 2.24) is 15.0 Å². The van der Waals surface area contributed by atoms with E-state index < -0.39 is 137 Å². The summed E-state index contributed by atoms with van der Waals surface area (Å²) in [6.07, 6.45) is 4.82. The first-order valence-electron chi connectivity index (χ1n) is 28.1. The number of hydrogen-bond donors (Lipinski definition) is 0. The van der Waals surface area contributed by atoms with Crippen molar-refractivity contribution >= 4 is 49.0 Å². The Hall–Kier alpha value is -13.4. The van der Waals surface area contributed by atoms with Gasteiger partial charge in [-0.05, 0) is 72.8 Å². The van der Waals surface area contributed by atoms with E-state index in [-0.39, 0.29) is 0 Å². The lowest BCUT2D eigenvalue weighted by Gasteiger charge is -2.13. The molecule has 1 aliphatic rings. The van der Waals surface area contributed by atoms with Gasteiger partial charge in [0, 0.05) is 33.4 Å². The fraction of sp³-hybridized carbons (Fsp3) is 0. The first-order valence-corrected chi connectivity index (χ1v) is 28.1. The molecule has 0 amide bonds. The molecule has 1 heterocycles. The van der Waals surface area contributed by atoms with Crippen LogP contribution in [0.25, 0.3) is 105 Å². The van der Waals surface area contributed by atoms with Crippen LogP contribution in [-0.4, -0.2) is 15.0 Å². The van der Waals surface area contributed by atoms with E-state index in [9.17, 15) is 42.1 Å². The average molecular weight is 1280 g/mol. The highest BCUT2D eigenvalue weighted by Gasteiger charge is 2.46. The fourth-order valence-corrected chi connectivity index (χ4v) is 11.3. The van der Waals surface area contributed by atoms with Gasteiger partial charge < -0.3 is 0 Å². The number of hydrogen-bond acceptors (Lipinski definition) is 8. The number of allylic oxidation sites excluding steroid dienone is 6. The smallest absolute Gasteiger partial charge is 0.180 e. The molecule has 0 bridgehead atoms.